The summed E-state index contributed by atoms with van der Waals surface area (Å²) in [5.41, 5.74) is 2.06. The lowest BCUT2D eigenvalue weighted by atomic mass is 10.0. The van der Waals surface area contributed by atoms with Gasteiger partial charge in [-0.05, 0) is 30.9 Å². The normalized spacial score (nSPS) is 17.7. The van der Waals surface area contributed by atoms with E-state index in [9.17, 15) is 14.9 Å². The zero-order valence-corrected chi connectivity index (χ0v) is 10.9. The molecule has 3 rings (SSSR count). The monoisotopic (exact) mass is 273 g/mol. The number of hydrogen-bond donors (Lipinski definition) is 2. The van der Waals surface area contributed by atoms with Crippen LogP contribution in [0, 0.1) is 10.1 Å². The van der Waals surface area contributed by atoms with Crippen LogP contribution in [0.15, 0.2) is 24.3 Å². The summed E-state index contributed by atoms with van der Waals surface area (Å²) in [4.78, 5) is 22.3. The van der Waals surface area contributed by atoms with Gasteiger partial charge >= 0.3 is 0 Å². The molecule has 2 N–H and O–H groups in total. The third-order valence-corrected chi connectivity index (χ3v) is 3.68. The maximum Gasteiger partial charge on any atom is 0.292 e. The van der Waals surface area contributed by atoms with Crippen molar-refractivity contribution in [3.8, 4) is 0 Å². The molecule has 1 heterocycles. The summed E-state index contributed by atoms with van der Waals surface area (Å²) in [6.45, 7) is 0. The van der Waals surface area contributed by atoms with Gasteiger partial charge in [-0.25, -0.2) is 0 Å². The molecule has 0 saturated heterocycles. The minimum Gasteiger partial charge on any atom is -0.376 e. The second-order valence-corrected chi connectivity index (χ2v) is 5.12. The van der Waals surface area contributed by atoms with Crippen molar-refractivity contribution in [1.29, 1.82) is 0 Å². The van der Waals surface area contributed by atoms with Gasteiger partial charge < -0.3 is 10.6 Å². The van der Waals surface area contributed by atoms with Gasteiger partial charge in [-0.15, -0.1) is 0 Å². The SMILES string of the molecule is O=C1CCc2cc([N+](=O)[O-])c(NC3CC=CC3)cc2N1. The minimum atomic E-state index is -0.374. The molecule has 1 aromatic carbocycles. The number of rotatable bonds is 3. The molecule has 6 nitrogen and oxygen atoms in total. The number of fused-ring (bicyclic) bond motifs is 1. The van der Waals surface area contributed by atoms with E-state index in [1.165, 1.54) is 0 Å². The van der Waals surface area contributed by atoms with Crippen molar-refractivity contribution in [3.05, 3.63) is 40.0 Å². The molecule has 2 aliphatic rings. The van der Waals surface area contributed by atoms with Crippen molar-refractivity contribution in [3.63, 3.8) is 0 Å². The lowest BCUT2D eigenvalue weighted by molar-refractivity contribution is -0.384. The van der Waals surface area contributed by atoms with E-state index in [2.05, 4.69) is 22.8 Å². The summed E-state index contributed by atoms with van der Waals surface area (Å²) in [6, 6.07) is 3.44. The first-order valence-corrected chi connectivity index (χ1v) is 6.66. The third kappa shape index (κ3) is 2.36. The Kier molecular flexibility index (Phi) is 3.14. The summed E-state index contributed by atoms with van der Waals surface area (Å²) in [5.74, 6) is -0.0418. The van der Waals surface area contributed by atoms with Gasteiger partial charge in [0.1, 0.15) is 5.69 Å². The molecule has 0 radical (unpaired) electrons. The van der Waals surface area contributed by atoms with Crippen LogP contribution in [-0.4, -0.2) is 16.9 Å². The Balaban J connectivity index is 1.95. The van der Waals surface area contributed by atoms with E-state index in [-0.39, 0.29) is 22.6 Å². The Labute approximate surface area is 116 Å². The summed E-state index contributed by atoms with van der Waals surface area (Å²) >= 11 is 0. The molecule has 1 aliphatic heterocycles. The smallest absolute Gasteiger partial charge is 0.292 e. The highest BCUT2D eigenvalue weighted by molar-refractivity contribution is 5.95. The molecule has 0 spiro atoms. The molecule has 0 unspecified atom stereocenters. The largest absolute Gasteiger partial charge is 0.376 e. The van der Waals surface area contributed by atoms with Crippen molar-refractivity contribution in [2.24, 2.45) is 0 Å². The Hall–Kier alpha value is -2.37. The number of nitrogens with one attached hydrogen (secondary N) is 2. The van der Waals surface area contributed by atoms with E-state index >= 15 is 0 Å². The van der Waals surface area contributed by atoms with Gasteiger partial charge in [0.15, 0.2) is 0 Å². The quantitative estimate of drug-likeness (QED) is 0.503. The van der Waals surface area contributed by atoms with Crippen LogP contribution in [0.4, 0.5) is 17.1 Å². The zero-order chi connectivity index (χ0) is 14.1. The maximum absolute atomic E-state index is 11.4. The number of nitro groups is 1. The second kappa shape index (κ2) is 4.96. The number of hydrogen-bond acceptors (Lipinski definition) is 4. The maximum atomic E-state index is 11.4. The molecular formula is C14H15N3O3. The first-order valence-electron chi connectivity index (χ1n) is 6.66. The highest BCUT2D eigenvalue weighted by atomic mass is 16.6. The van der Waals surface area contributed by atoms with E-state index in [0.717, 1.165) is 18.4 Å². The standard InChI is InChI=1S/C14H15N3O3/c18-14-6-5-9-7-13(17(19)20)12(8-11(9)16-14)15-10-3-1-2-4-10/h1-2,7-8,10,15H,3-6H2,(H,16,18). The van der Waals surface area contributed by atoms with Gasteiger partial charge in [-0.1, -0.05) is 12.2 Å². The van der Waals surface area contributed by atoms with E-state index in [0.29, 0.717) is 24.2 Å². The summed E-state index contributed by atoms with van der Waals surface area (Å²) in [7, 11) is 0. The van der Waals surface area contributed by atoms with Gasteiger partial charge in [-0.3, -0.25) is 14.9 Å². The first kappa shape index (κ1) is 12.7. The molecular weight excluding hydrogens is 258 g/mol. The van der Waals surface area contributed by atoms with E-state index < -0.39 is 0 Å². The van der Waals surface area contributed by atoms with Crippen LogP contribution in [0.1, 0.15) is 24.8 Å². The first-order chi connectivity index (χ1) is 9.63. The van der Waals surface area contributed by atoms with Gasteiger partial charge in [-0.2, -0.15) is 0 Å². The second-order valence-electron chi connectivity index (χ2n) is 5.12. The molecule has 0 atom stereocenters. The Morgan fingerprint density at radius 1 is 1.25 bits per heavy atom. The van der Waals surface area contributed by atoms with Crippen molar-refractivity contribution >= 4 is 23.0 Å². The van der Waals surface area contributed by atoms with Crippen molar-refractivity contribution in [1.82, 2.24) is 0 Å². The van der Waals surface area contributed by atoms with Gasteiger partial charge in [0.05, 0.1) is 4.92 Å². The Bertz CT molecular complexity index is 602. The molecule has 1 amide bonds. The van der Waals surface area contributed by atoms with Crippen LogP contribution in [0.25, 0.3) is 0 Å². The van der Waals surface area contributed by atoms with Gasteiger partial charge in [0.25, 0.3) is 5.69 Å². The predicted molar refractivity (Wildman–Crippen MR) is 75.8 cm³/mol. The van der Waals surface area contributed by atoms with Crippen LogP contribution in [0.5, 0.6) is 0 Å². The number of nitro benzene ring substituents is 1. The summed E-state index contributed by atoms with van der Waals surface area (Å²) in [5, 5.41) is 17.2. The van der Waals surface area contributed by atoms with Crippen LogP contribution in [0.2, 0.25) is 0 Å². The Morgan fingerprint density at radius 2 is 2.00 bits per heavy atom. The number of nitrogens with zero attached hydrogens (tertiary/aromatic N) is 1. The third-order valence-electron chi connectivity index (χ3n) is 3.68. The molecule has 20 heavy (non-hydrogen) atoms. The van der Waals surface area contributed by atoms with Gasteiger partial charge in [0, 0.05) is 24.2 Å². The highest BCUT2D eigenvalue weighted by Crippen LogP contribution is 2.35. The lowest BCUT2D eigenvalue weighted by Gasteiger charge is -2.20. The number of benzene rings is 1. The fourth-order valence-electron chi connectivity index (χ4n) is 2.64. The fourth-order valence-corrected chi connectivity index (χ4v) is 2.64. The molecule has 1 aliphatic carbocycles. The number of anilines is 2. The molecule has 6 heteroatoms. The molecule has 104 valence electrons. The molecule has 0 fully saturated rings. The molecule has 1 aromatic rings. The van der Waals surface area contributed by atoms with E-state index in [4.69, 9.17) is 0 Å². The number of amides is 1. The molecule has 0 aromatic heterocycles. The van der Waals surface area contributed by atoms with Crippen LogP contribution >= 0.6 is 0 Å². The minimum absolute atomic E-state index is 0.0418. The topological polar surface area (TPSA) is 84.3 Å². The molecule has 0 bridgehead atoms. The number of carbonyl (C=O) groups excluding carboxylic acids is 1. The van der Waals surface area contributed by atoms with Crippen molar-refractivity contribution < 1.29 is 9.72 Å². The van der Waals surface area contributed by atoms with E-state index in [1.807, 2.05) is 0 Å². The Morgan fingerprint density at radius 3 is 2.70 bits per heavy atom. The van der Waals surface area contributed by atoms with Crippen LogP contribution < -0.4 is 10.6 Å². The summed E-state index contributed by atoms with van der Waals surface area (Å²) in [6.07, 6.45) is 6.77. The van der Waals surface area contributed by atoms with E-state index in [1.54, 1.807) is 12.1 Å². The zero-order valence-electron chi connectivity index (χ0n) is 10.9. The fraction of sp³-hybridized carbons (Fsp3) is 0.357. The van der Waals surface area contributed by atoms with Crippen LogP contribution in [0.3, 0.4) is 0 Å². The number of carbonyl (C=O) groups is 1. The average Bonchev–Trinajstić information content (AvgIpc) is 2.90. The van der Waals surface area contributed by atoms with Crippen molar-refractivity contribution in [2.75, 3.05) is 10.6 Å². The van der Waals surface area contributed by atoms with Gasteiger partial charge in [0.2, 0.25) is 5.91 Å². The summed E-state index contributed by atoms with van der Waals surface area (Å²) < 4.78 is 0. The highest BCUT2D eigenvalue weighted by Gasteiger charge is 2.24. The predicted octanol–water partition coefficient (Wildman–Crippen LogP) is 2.61. The van der Waals surface area contributed by atoms with Crippen molar-refractivity contribution in [2.45, 2.75) is 31.7 Å². The molecule has 0 saturated carbocycles. The van der Waals surface area contributed by atoms with Crippen LogP contribution in [-0.2, 0) is 11.2 Å². The lowest BCUT2D eigenvalue weighted by Crippen LogP contribution is -2.21. The average molecular weight is 273 g/mol. The number of aryl methyl sites for hydroxylation is 1.